The van der Waals surface area contributed by atoms with Crippen LogP contribution in [0.15, 0.2) is 24.3 Å². The van der Waals surface area contributed by atoms with Crippen LogP contribution in [0.3, 0.4) is 0 Å². The second kappa shape index (κ2) is 4.73. The molecule has 0 amide bonds. The van der Waals surface area contributed by atoms with Crippen LogP contribution in [0.1, 0.15) is 5.56 Å². The highest BCUT2D eigenvalue weighted by molar-refractivity contribution is 6.83. The summed E-state index contributed by atoms with van der Waals surface area (Å²) >= 11 is 0. The van der Waals surface area contributed by atoms with Crippen LogP contribution in [0, 0.1) is 23.3 Å². The standard InChI is InChI=1S/C13H15NSi/c1-15(2,3)11-7-6-9-12-8-4-5-10-13(12)14/h4-5,8,10H,14H2,1-3H3. The highest BCUT2D eigenvalue weighted by atomic mass is 28.3. The molecule has 0 bridgehead atoms. The molecule has 0 unspecified atom stereocenters. The van der Waals surface area contributed by atoms with Crippen LogP contribution in [0.25, 0.3) is 0 Å². The van der Waals surface area contributed by atoms with Crippen LogP contribution in [-0.4, -0.2) is 8.07 Å². The van der Waals surface area contributed by atoms with Crippen molar-refractivity contribution in [3.05, 3.63) is 29.8 Å². The molecule has 15 heavy (non-hydrogen) atoms. The highest BCUT2D eigenvalue weighted by Gasteiger charge is 2.06. The van der Waals surface area contributed by atoms with E-state index in [1.165, 1.54) is 0 Å². The molecular weight excluding hydrogens is 198 g/mol. The minimum Gasteiger partial charge on any atom is -0.398 e. The van der Waals surface area contributed by atoms with Gasteiger partial charge < -0.3 is 5.73 Å². The Bertz CT molecular complexity index is 461. The van der Waals surface area contributed by atoms with Crippen molar-refractivity contribution in [3.8, 4) is 23.3 Å². The number of nitrogen functional groups attached to an aromatic ring is 1. The molecule has 1 aromatic rings. The maximum atomic E-state index is 5.75. The smallest absolute Gasteiger partial charge is 0.130 e. The first-order valence-corrected chi connectivity index (χ1v) is 8.37. The van der Waals surface area contributed by atoms with Crippen LogP contribution >= 0.6 is 0 Å². The predicted octanol–water partition coefficient (Wildman–Crippen LogP) is 2.50. The number of hydrogen-bond acceptors (Lipinski definition) is 1. The van der Waals surface area contributed by atoms with Crippen LogP contribution in [-0.2, 0) is 0 Å². The van der Waals surface area contributed by atoms with Gasteiger partial charge in [0.2, 0.25) is 0 Å². The van der Waals surface area contributed by atoms with Crippen molar-refractivity contribution in [3.63, 3.8) is 0 Å². The molecule has 0 radical (unpaired) electrons. The summed E-state index contributed by atoms with van der Waals surface area (Å²) < 4.78 is 0. The molecule has 2 N–H and O–H groups in total. The molecule has 0 saturated heterocycles. The maximum Gasteiger partial charge on any atom is 0.130 e. The van der Waals surface area contributed by atoms with Gasteiger partial charge in [-0.05, 0) is 24.0 Å². The van der Waals surface area contributed by atoms with Crippen LogP contribution in [0.5, 0.6) is 0 Å². The molecule has 0 aliphatic heterocycles. The molecule has 76 valence electrons. The van der Waals surface area contributed by atoms with Gasteiger partial charge in [-0.15, -0.1) is 5.54 Å². The number of nitrogens with two attached hydrogens (primary N) is 1. The third kappa shape index (κ3) is 4.40. The summed E-state index contributed by atoms with van der Waals surface area (Å²) in [7, 11) is -1.30. The van der Waals surface area contributed by atoms with E-state index < -0.39 is 8.07 Å². The lowest BCUT2D eigenvalue weighted by Gasteiger charge is -2.01. The Kier molecular flexibility index (Phi) is 3.60. The van der Waals surface area contributed by atoms with E-state index in [0.717, 1.165) is 5.56 Å². The molecule has 0 aromatic heterocycles. The van der Waals surface area contributed by atoms with E-state index in [1.54, 1.807) is 0 Å². The maximum absolute atomic E-state index is 5.75. The van der Waals surface area contributed by atoms with E-state index in [1.807, 2.05) is 24.3 Å². The van der Waals surface area contributed by atoms with Gasteiger partial charge in [0.05, 0.1) is 0 Å². The first-order chi connectivity index (χ1) is 6.99. The normalized spacial score (nSPS) is 9.53. The molecule has 2 heteroatoms. The van der Waals surface area contributed by atoms with Crippen LogP contribution in [0.2, 0.25) is 19.6 Å². The Morgan fingerprint density at radius 1 is 1.07 bits per heavy atom. The van der Waals surface area contributed by atoms with Crippen LogP contribution < -0.4 is 5.73 Å². The summed E-state index contributed by atoms with van der Waals surface area (Å²) in [6.45, 7) is 6.58. The molecule has 0 saturated carbocycles. The Morgan fingerprint density at radius 2 is 1.73 bits per heavy atom. The minimum absolute atomic E-state index is 0.708. The summed E-state index contributed by atoms with van der Waals surface area (Å²) in [5.74, 6) is 8.70. The molecule has 0 spiro atoms. The number of rotatable bonds is 0. The Morgan fingerprint density at radius 3 is 2.33 bits per heavy atom. The van der Waals surface area contributed by atoms with Crippen molar-refractivity contribution in [2.45, 2.75) is 19.6 Å². The molecule has 0 fully saturated rings. The fourth-order valence-electron chi connectivity index (χ4n) is 0.928. The molecule has 1 nitrogen and oxygen atoms in total. The van der Waals surface area contributed by atoms with Gasteiger partial charge in [-0.3, -0.25) is 0 Å². The van der Waals surface area contributed by atoms with Gasteiger partial charge >= 0.3 is 0 Å². The third-order valence-electron chi connectivity index (χ3n) is 1.66. The largest absolute Gasteiger partial charge is 0.398 e. The monoisotopic (exact) mass is 213 g/mol. The molecular formula is C13H15NSi. The zero-order valence-electron chi connectivity index (χ0n) is 9.39. The molecule has 0 heterocycles. The lowest BCUT2D eigenvalue weighted by atomic mass is 10.2. The van der Waals surface area contributed by atoms with E-state index in [9.17, 15) is 0 Å². The molecule has 0 aliphatic rings. The zero-order chi connectivity index (χ0) is 11.3. The third-order valence-corrected chi connectivity index (χ3v) is 2.53. The fraction of sp³-hybridized carbons (Fsp3) is 0.231. The average Bonchev–Trinajstić information content (AvgIpc) is 2.13. The number of anilines is 1. The molecule has 1 rings (SSSR count). The Labute approximate surface area is 92.7 Å². The van der Waals surface area contributed by atoms with Crippen molar-refractivity contribution in [1.29, 1.82) is 0 Å². The van der Waals surface area contributed by atoms with Gasteiger partial charge in [0, 0.05) is 11.3 Å². The summed E-state index contributed by atoms with van der Waals surface area (Å²) in [4.78, 5) is 0. The first kappa shape index (κ1) is 11.4. The fourth-order valence-corrected chi connectivity index (χ4v) is 1.37. The minimum atomic E-state index is -1.30. The van der Waals surface area contributed by atoms with E-state index in [4.69, 9.17) is 5.73 Å². The topological polar surface area (TPSA) is 26.0 Å². The zero-order valence-corrected chi connectivity index (χ0v) is 10.4. The summed E-state index contributed by atoms with van der Waals surface area (Å²) in [6, 6.07) is 7.56. The molecule has 0 aliphatic carbocycles. The quantitative estimate of drug-likeness (QED) is 0.400. The van der Waals surface area contributed by atoms with Crippen molar-refractivity contribution < 1.29 is 0 Å². The van der Waals surface area contributed by atoms with Crippen molar-refractivity contribution in [1.82, 2.24) is 0 Å². The van der Waals surface area contributed by atoms with E-state index in [-0.39, 0.29) is 0 Å². The van der Waals surface area contributed by atoms with Gasteiger partial charge in [-0.2, -0.15) is 0 Å². The van der Waals surface area contributed by atoms with E-state index in [0.29, 0.717) is 5.69 Å². The SMILES string of the molecule is C[Si](C)(C)C#CC#Cc1ccccc1N. The predicted molar refractivity (Wildman–Crippen MR) is 68.9 cm³/mol. The highest BCUT2D eigenvalue weighted by Crippen LogP contribution is 2.07. The second-order valence-corrected chi connectivity index (χ2v) is 9.09. The van der Waals surface area contributed by atoms with Gasteiger partial charge in [-0.1, -0.05) is 37.7 Å². The lowest BCUT2D eigenvalue weighted by molar-refractivity contribution is 1.63. The summed E-state index contributed by atoms with van der Waals surface area (Å²) in [5.41, 5.74) is 10.5. The van der Waals surface area contributed by atoms with Crippen molar-refractivity contribution in [2.75, 3.05) is 5.73 Å². The van der Waals surface area contributed by atoms with Crippen molar-refractivity contribution >= 4 is 13.8 Å². The number of hydrogen-bond donors (Lipinski definition) is 1. The van der Waals surface area contributed by atoms with Gasteiger partial charge in [0.15, 0.2) is 0 Å². The van der Waals surface area contributed by atoms with E-state index in [2.05, 4.69) is 42.9 Å². The Hall–Kier alpha value is -1.64. The molecule has 1 aromatic carbocycles. The van der Waals surface area contributed by atoms with Crippen LogP contribution in [0.4, 0.5) is 5.69 Å². The summed E-state index contributed by atoms with van der Waals surface area (Å²) in [6.07, 6.45) is 0. The number of benzene rings is 1. The van der Waals surface area contributed by atoms with Crippen molar-refractivity contribution in [2.24, 2.45) is 0 Å². The average molecular weight is 213 g/mol. The van der Waals surface area contributed by atoms with Gasteiger partial charge in [0.1, 0.15) is 8.07 Å². The lowest BCUT2D eigenvalue weighted by Crippen LogP contribution is -2.16. The van der Waals surface area contributed by atoms with E-state index >= 15 is 0 Å². The summed E-state index contributed by atoms with van der Waals surface area (Å²) in [5, 5.41) is 0. The second-order valence-electron chi connectivity index (χ2n) is 4.34. The van der Waals surface area contributed by atoms with Gasteiger partial charge in [0.25, 0.3) is 0 Å². The van der Waals surface area contributed by atoms with Gasteiger partial charge in [-0.25, -0.2) is 0 Å². The Balaban J connectivity index is 2.83. The molecule has 0 atom stereocenters. The number of para-hydroxylation sites is 1. The first-order valence-electron chi connectivity index (χ1n) is 4.87.